The number of quaternary nitrogens is 1. The second-order valence-corrected chi connectivity index (χ2v) is 10.4. The molecule has 0 N–H and O–H groups in total. The Bertz CT molecular complexity index is 1100. The summed E-state index contributed by atoms with van der Waals surface area (Å²) in [4.78, 5) is 0. The smallest absolute Gasteiger partial charge is 0.105 e. The first-order chi connectivity index (χ1) is 16.6. The van der Waals surface area contributed by atoms with E-state index in [1.165, 1.54) is 35.1 Å². The molecule has 1 heterocycles. The van der Waals surface area contributed by atoms with Gasteiger partial charge in [0.05, 0.1) is 12.5 Å². The topological polar surface area (TPSA) is 0 Å². The summed E-state index contributed by atoms with van der Waals surface area (Å²) < 4.78 is 1.03. The average molecular weight is 487 g/mol. The molecule has 0 amide bonds. The first-order valence-corrected chi connectivity index (χ1v) is 12.8. The first kappa shape index (κ1) is 23.2. The molecule has 1 nitrogen and oxygen atoms in total. The van der Waals surface area contributed by atoms with Crippen LogP contribution in [-0.4, -0.2) is 17.1 Å². The fourth-order valence-electron chi connectivity index (χ4n) is 5.85. The zero-order valence-electron chi connectivity index (χ0n) is 19.3. The van der Waals surface area contributed by atoms with Gasteiger partial charge >= 0.3 is 0 Å². The maximum atomic E-state index is 6.23. The Kier molecular flexibility index (Phi) is 7.06. The molecule has 0 spiro atoms. The molecule has 0 aromatic heterocycles. The summed E-state index contributed by atoms with van der Waals surface area (Å²) in [6.07, 6.45) is 2.43. The molecule has 0 aliphatic carbocycles. The van der Waals surface area contributed by atoms with E-state index in [1.807, 2.05) is 24.3 Å². The third-order valence-electron chi connectivity index (χ3n) is 7.33. The molecule has 1 fully saturated rings. The fourth-order valence-corrected chi connectivity index (χ4v) is 6.10. The lowest BCUT2D eigenvalue weighted by Gasteiger charge is -2.44. The van der Waals surface area contributed by atoms with Gasteiger partial charge in [-0.3, -0.25) is 0 Å². The Morgan fingerprint density at radius 1 is 0.618 bits per heavy atom. The molecular formula is C31H30Cl2N+. The van der Waals surface area contributed by atoms with Gasteiger partial charge in [-0.2, -0.15) is 0 Å². The van der Waals surface area contributed by atoms with Crippen LogP contribution < -0.4 is 0 Å². The molecule has 172 valence electrons. The number of likely N-dealkylation sites (tertiary alicyclic amines) is 1. The largest absolute Gasteiger partial charge is 0.313 e. The number of nitrogens with zero attached hydrogens (tertiary/aromatic N) is 1. The second-order valence-electron chi connectivity index (χ2n) is 9.52. The molecule has 4 aromatic rings. The standard InChI is InChI=1S/C31H30Cl2N/c32-28-17-13-24(14-18-28)22-34(23-25-15-19-29(33)20-16-25)21-7-12-30(34)31(26-8-3-1-4-9-26)27-10-5-2-6-11-27/h1-6,8-11,13-20,30-31H,7,12,21-23H2/q+1/t30-/m0/s1. The lowest BCUT2D eigenvalue weighted by molar-refractivity contribution is -0.965. The van der Waals surface area contributed by atoms with Crippen LogP contribution in [0.2, 0.25) is 10.0 Å². The summed E-state index contributed by atoms with van der Waals surface area (Å²) in [5.74, 6) is 0.338. The van der Waals surface area contributed by atoms with Gasteiger partial charge in [0.25, 0.3) is 0 Å². The van der Waals surface area contributed by atoms with E-state index in [9.17, 15) is 0 Å². The van der Waals surface area contributed by atoms with Crippen LogP contribution >= 0.6 is 23.2 Å². The number of benzene rings is 4. The normalized spacial score (nSPS) is 17.2. The van der Waals surface area contributed by atoms with E-state index in [0.29, 0.717) is 12.0 Å². The van der Waals surface area contributed by atoms with Crippen molar-refractivity contribution in [2.24, 2.45) is 0 Å². The Morgan fingerprint density at radius 3 is 1.50 bits per heavy atom. The summed E-state index contributed by atoms with van der Waals surface area (Å²) in [6, 6.07) is 39.5. The zero-order valence-corrected chi connectivity index (χ0v) is 20.8. The van der Waals surface area contributed by atoms with Crippen molar-refractivity contribution < 1.29 is 4.48 Å². The molecule has 0 saturated carbocycles. The monoisotopic (exact) mass is 486 g/mol. The summed E-state index contributed by atoms with van der Waals surface area (Å²) in [7, 11) is 0. The van der Waals surface area contributed by atoms with Crippen LogP contribution in [0.4, 0.5) is 0 Å². The third kappa shape index (κ3) is 5.08. The Morgan fingerprint density at radius 2 is 1.06 bits per heavy atom. The first-order valence-electron chi connectivity index (χ1n) is 12.1. The molecule has 0 radical (unpaired) electrons. The quantitative estimate of drug-likeness (QED) is 0.229. The highest BCUT2D eigenvalue weighted by Gasteiger charge is 2.47. The Labute approximate surface area is 213 Å². The van der Waals surface area contributed by atoms with Crippen molar-refractivity contribution >= 4 is 23.2 Å². The molecule has 1 saturated heterocycles. The van der Waals surface area contributed by atoms with Crippen molar-refractivity contribution in [3.63, 3.8) is 0 Å². The van der Waals surface area contributed by atoms with E-state index in [2.05, 4.69) is 84.9 Å². The van der Waals surface area contributed by atoms with Gasteiger partial charge in [0.15, 0.2) is 0 Å². The fraction of sp³-hybridized carbons (Fsp3) is 0.226. The molecule has 0 unspecified atom stereocenters. The highest BCUT2D eigenvalue weighted by Crippen LogP contribution is 2.43. The van der Waals surface area contributed by atoms with Crippen LogP contribution in [0, 0.1) is 0 Å². The highest BCUT2D eigenvalue weighted by molar-refractivity contribution is 6.30. The highest BCUT2D eigenvalue weighted by atomic mass is 35.5. The van der Waals surface area contributed by atoms with Gasteiger partial charge in [0, 0.05) is 34.0 Å². The molecule has 5 rings (SSSR count). The van der Waals surface area contributed by atoms with Gasteiger partial charge in [0.1, 0.15) is 19.1 Å². The lowest BCUT2D eigenvalue weighted by Crippen LogP contribution is -2.52. The van der Waals surface area contributed by atoms with Crippen LogP contribution in [-0.2, 0) is 13.1 Å². The van der Waals surface area contributed by atoms with Crippen molar-refractivity contribution in [1.82, 2.24) is 0 Å². The van der Waals surface area contributed by atoms with Gasteiger partial charge < -0.3 is 4.48 Å². The minimum atomic E-state index is 0.338. The zero-order chi connectivity index (χ0) is 23.4. The molecule has 1 atom stereocenters. The van der Waals surface area contributed by atoms with Gasteiger partial charge in [-0.05, 0) is 35.4 Å². The van der Waals surface area contributed by atoms with Crippen molar-refractivity contribution in [2.75, 3.05) is 6.54 Å². The minimum Gasteiger partial charge on any atom is -0.313 e. The predicted octanol–water partition coefficient (Wildman–Crippen LogP) is 8.50. The molecule has 1 aliphatic heterocycles. The van der Waals surface area contributed by atoms with Crippen LogP contribution in [0.25, 0.3) is 0 Å². The molecule has 1 aliphatic rings. The average Bonchev–Trinajstić information content (AvgIpc) is 3.26. The predicted molar refractivity (Wildman–Crippen MR) is 143 cm³/mol. The summed E-state index contributed by atoms with van der Waals surface area (Å²) in [6.45, 7) is 3.13. The number of rotatable bonds is 7. The van der Waals surface area contributed by atoms with Crippen molar-refractivity contribution in [3.8, 4) is 0 Å². The molecule has 3 heteroatoms. The van der Waals surface area contributed by atoms with Crippen molar-refractivity contribution in [1.29, 1.82) is 0 Å². The summed E-state index contributed by atoms with van der Waals surface area (Å²) >= 11 is 12.5. The van der Waals surface area contributed by atoms with Crippen LogP contribution in [0.1, 0.15) is 41.0 Å². The Hall–Kier alpha value is -2.58. The van der Waals surface area contributed by atoms with Crippen molar-refractivity contribution in [3.05, 3.63) is 141 Å². The third-order valence-corrected chi connectivity index (χ3v) is 7.83. The van der Waals surface area contributed by atoms with Gasteiger partial charge in [0.2, 0.25) is 0 Å². The van der Waals surface area contributed by atoms with E-state index in [0.717, 1.165) is 34.2 Å². The summed E-state index contributed by atoms with van der Waals surface area (Å²) in [5.41, 5.74) is 5.47. The molecule has 0 bridgehead atoms. The maximum Gasteiger partial charge on any atom is 0.105 e. The van der Waals surface area contributed by atoms with Gasteiger partial charge in [-0.15, -0.1) is 0 Å². The number of hydrogen-bond donors (Lipinski definition) is 0. The summed E-state index contributed by atoms with van der Waals surface area (Å²) in [5, 5.41) is 1.58. The SMILES string of the molecule is Clc1ccc(C[N+]2(Cc3ccc(Cl)cc3)CCC[C@H]2C(c2ccccc2)c2ccccc2)cc1. The van der Waals surface area contributed by atoms with E-state index in [-0.39, 0.29) is 0 Å². The molecule has 4 aromatic carbocycles. The van der Waals surface area contributed by atoms with E-state index in [1.54, 1.807) is 0 Å². The number of halogens is 2. The lowest BCUT2D eigenvalue weighted by atomic mass is 9.82. The van der Waals surface area contributed by atoms with Gasteiger partial charge in [-0.1, -0.05) is 108 Å². The van der Waals surface area contributed by atoms with Crippen LogP contribution in [0.15, 0.2) is 109 Å². The minimum absolute atomic E-state index is 0.338. The van der Waals surface area contributed by atoms with Gasteiger partial charge in [-0.25, -0.2) is 0 Å². The molecular weight excluding hydrogens is 457 g/mol. The Balaban J connectivity index is 1.60. The van der Waals surface area contributed by atoms with E-state index < -0.39 is 0 Å². The van der Waals surface area contributed by atoms with Crippen LogP contribution in [0.5, 0.6) is 0 Å². The van der Waals surface area contributed by atoms with E-state index >= 15 is 0 Å². The maximum absolute atomic E-state index is 6.23. The second kappa shape index (κ2) is 10.4. The molecule has 34 heavy (non-hydrogen) atoms. The number of hydrogen-bond acceptors (Lipinski definition) is 0. The van der Waals surface area contributed by atoms with E-state index in [4.69, 9.17) is 23.2 Å². The van der Waals surface area contributed by atoms with Crippen LogP contribution in [0.3, 0.4) is 0 Å². The van der Waals surface area contributed by atoms with Crippen molar-refractivity contribution in [2.45, 2.75) is 37.9 Å².